The molecule has 70 heavy (non-hydrogen) atoms. The van der Waals surface area contributed by atoms with Crippen molar-refractivity contribution in [3.63, 3.8) is 0 Å². The van der Waals surface area contributed by atoms with Gasteiger partial charge in [-0.25, -0.2) is 9.18 Å². The molecule has 0 radical (unpaired) electrons. The number of benzene rings is 3. The fraction of sp³-hybridized carbons (Fsp3) is 0.544. The van der Waals surface area contributed by atoms with E-state index in [9.17, 15) is 24.7 Å². The molecule has 378 valence electrons. The van der Waals surface area contributed by atoms with E-state index in [-0.39, 0.29) is 56.4 Å². The molecule has 1 saturated carbocycles. The number of aliphatic hydroxyl groups excluding tert-OH is 2. The zero-order valence-electron chi connectivity index (χ0n) is 41.4. The van der Waals surface area contributed by atoms with Crippen LogP contribution in [0, 0.1) is 34.9 Å². The summed E-state index contributed by atoms with van der Waals surface area (Å²) in [5.74, 6) is -2.48. The molecule has 0 bridgehead atoms. The topological polar surface area (TPSA) is 163 Å². The van der Waals surface area contributed by atoms with E-state index in [0.29, 0.717) is 59.9 Å². The number of halogens is 1. The van der Waals surface area contributed by atoms with Gasteiger partial charge in [0.25, 0.3) is 5.91 Å². The van der Waals surface area contributed by atoms with Crippen LogP contribution in [0.15, 0.2) is 96.2 Å². The quantitative estimate of drug-likeness (QED) is 0.0349. The molecule has 13 heteroatoms. The van der Waals surface area contributed by atoms with Crippen LogP contribution >= 0.6 is 0 Å². The summed E-state index contributed by atoms with van der Waals surface area (Å²) in [6, 6.07) is 19.2. The number of rotatable bonds is 29. The normalized spacial score (nSPS) is 21.6. The molecule has 1 fully saturated rings. The maximum absolute atomic E-state index is 15.3. The molecule has 0 aromatic heterocycles. The summed E-state index contributed by atoms with van der Waals surface area (Å²) in [7, 11) is 0. The minimum atomic E-state index is -1.56. The predicted molar refractivity (Wildman–Crippen MR) is 270 cm³/mol. The summed E-state index contributed by atoms with van der Waals surface area (Å²) in [6.07, 6.45) is 19.7. The van der Waals surface area contributed by atoms with E-state index >= 15 is 4.79 Å². The molecular weight excluding hydrogens is 888 g/mol. The highest BCUT2D eigenvalue weighted by atomic mass is 19.1. The second-order valence-corrected chi connectivity index (χ2v) is 18.9. The fourth-order valence-electron chi connectivity index (χ4n) is 10.8. The van der Waals surface area contributed by atoms with Gasteiger partial charge in [-0.3, -0.25) is 4.79 Å². The standard InChI is InChI=1S/C57H75FN4O8/c1-4-7-8-9-10-11-12-13-14-17-32-60-56(66)69-46-30-31-51-49(37-46)53-47(21-16-19-34-64)44(20-15-18-33-63)36-48-50(61-68-6-3)38-52(57(70-51,54(48)53)67-35-5-2)62(40-42-24-28-45(58)29-25-42)55(65)43-26-22-41(39-59)23-27-43/h5,22-31,36-37,44,47,52-54,63-64H,2,4,6-21,32-35,38,40H2,1,3H3,(H,60,66)/t44-,47+,52-,53+,54+,57+/m0/s1. The second-order valence-electron chi connectivity index (χ2n) is 18.9. The molecule has 6 atom stereocenters. The summed E-state index contributed by atoms with van der Waals surface area (Å²) in [5, 5.41) is 37.3. The molecule has 0 spiro atoms. The summed E-state index contributed by atoms with van der Waals surface area (Å²) in [5.41, 5.74) is 3.71. The average Bonchev–Trinajstić information content (AvgIpc) is 3.37. The third kappa shape index (κ3) is 13.9. The van der Waals surface area contributed by atoms with E-state index in [1.165, 1.54) is 57.1 Å². The van der Waals surface area contributed by atoms with Crippen molar-refractivity contribution in [2.75, 3.05) is 33.0 Å². The second kappa shape index (κ2) is 27.7. The Bertz CT molecular complexity index is 2240. The van der Waals surface area contributed by atoms with Crippen LogP contribution in [-0.4, -0.2) is 77.6 Å². The van der Waals surface area contributed by atoms with Crippen molar-refractivity contribution >= 4 is 17.7 Å². The Hall–Kier alpha value is -5.55. The van der Waals surface area contributed by atoms with Gasteiger partial charge in [0.15, 0.2) is 0 Å². The van der Waals surface area contributed by atoms with Crippen molar-refractivity contribution < 1.29 is 43.2 Å². The van der Waals surface area contributed by atoms with Crippen molar-refractivity contribution in [3.8, 4) is 17.6 Å². The number of carbonyl (C=O) groups is 2. The number of allylic oxidation sites excluding steroid dienone is 1. The number of nitrogens with one attached hydrogen (secondary N) is 1. The largest absolute Gasteiger partial charge is 0.459 e. The number of fused-ring (bicyclic) bond motifs is 2. The van der Waals surface area contributed by atoms with Gasteiger partial charge >= 0.3 is 6.09 Å². The van der Waals surface area contributed by atoms with E-state index in [1.54, 1.807) is 53.4 Å². The summed E-state index contributed by atoms with van der Waals surface area (Å²) >= 11 is 0. The van der Waals surface area contributed by atoms with Gasteiger partial charge in [0, 0.05) is 49.8 Å². The first-order chi connectivity index (χ1) is 34.2. The zero-order chi connectivity index (χ0) is 49.7. The van der Waals surface area contributed by atoms with Gasteiger partial charge in [0.2, 0.25) is 5.79 Å². The van der Waals surface area contributed by atoms with Crippen molar-refractivity contribution in [2.45, 2.75) is 147 Å². The van der Waals surface area contributed by atoms with Crippen LogP contribution in [0.5, 0.6) is 11.5 Å². The molecule has 0 unspecified atom stereocenters. The van der Waals surface area contributed by atoms with Crippen LogP contribution in [0.25, 0.3) is 0 Å². The van der Waals surface area contributed by atoms with Crippen LogP contribution < -0.4 is 14.8 Å². The Balaban J connectivity index is 1.43. The Morgan fingerprint density at radius 2 is 1.60 bits per heavy atom. The first-order valence-electron chi connectivity index (χ1n) is 25.9. The molecule has 0 saturated heterocycles. The third-order valence-electron chi connectivity index (χ3n) is 14.1. The lowest BCUT2D eigenvalue weighted by molar-refractivity contribution is -0.255. The zero-order valence-corrected chi connectivity index (χ0v) is 41.4. The number of amides is 2. The number of aliphatic hydroxyl groups is 2. The molecule has 3 N–H and O–H groups in total. The number of hydrogen-bond acceptors (Lipinski definition) is 10. The van der Waals surface area contributed by atoms with Crippen LogP contribution in [0.3, 0.4) is 0 Å². The molecule has 1 heterocycles. The number of unbranched alkanes of at least 4 members (excludes halogenated alkanes) is 11. The molecule has 3 aromatic rings. The Morgan fingerprint density at radius 1 is 0.914 bits per heavy atom. The number of nitrogens with zero attached hydrogens (tertiary/aromatic N) is 3. The number of carbonyl (C=O) groups excluding carboxylic acids is 2. The summed E-state index contributed by atoms with van der Waals surface area (Å²) in [6.45, 7) is 9.14. The van der Waals surface area contributed by atoms with Gasteiger partial charge in [-0.1, -0.05) is 107 Å². The number of ether oxygens (including phenoxy) is 3. The Morgan fingerprint density at radius 3 is 2.26 bits per heavy atom. The van der Waals surface area contributed by atoms with E-state index in [4.69, 9.17) is 24.2 Å². The highest BCUT2D eigenvalue weighted by Crippen LogP contribution is 2.62. The third-order valence-corrected chi connectivity index (χ3v) is 14.1. The number of oxime groups is 1. The molecule has 3 aliphatic rings. The van der Waals surface area contributed by atoms with Crippen molar-refractivity contribution in [2.24, 2.45) is 22.9 Å². The van der Waals surface area contributed by atoms with Gasteiger partial charge in [-0.2, -0.15) is 5.26 Å². The highest BCUT2D eigenvalue weighted by Gasteiger charge is 2.65. The predicted octanol–water partition coefficient (Wildman–Crippen LogP) is 11.7. The lowest BCUT2D eigenvalue weighted by Gasteiger charge is -2.60. The number of hydrogen-bond donors (Lipinski definition) is 3. The molecule has 6 rings (SSSR count). The SMILES string of the molecule is C=CCO[C@@]12Oc3ccc(OC(=O)NCCCCCCCCCCCC)cc3[C@H]3[C@H](CCCCO)[C@@H](CCCCO)C=C(C(=NOCC)C[C@@H]1N(Cc1ccc(F)cc1)C(=O)c1ccc(C#N)cc1)[C@H]32. The van der Waals surface area contributed by atoms with Crippen molar-refractivity contribution in [3.05, 3.63) is 119 Å². The first-order valence-corrected chi connectivity index (χ1v) is 25.9. The fourth-order valence-corrected chi connectivity index (χ4v) is 10.8. The molecule has 3 aromatic carbocycles. The summed E-state index contributed by atoms with van der Waals surface area (Å²) in [4.78, 5) is 36.2. The smallest absolute Gasteiger partial charge is 0.412 e. The maximum atomic E-state index is 15.3. The van der Waals surface area contributed by atoms with Gasteiger partial charge in [0.1, 0.15) is 30.0 Å². The van der Waals surface area contributed by atoms with Crippen LogP contribution in [0.4, 0.5) is 9.18 Å². The van der Waals surface area contributed by atoms with Crippen LogP contribution in [0.1, 0.15) is 156 Å². The lowest BCUT2D eigenvalue weighted by Crippen LogP contribution is -2.70. The monoisotopic (exact) mass is 963 g/mol. The van der Waals surface area contributed by atoms with Crippen LogP contribution in [-0.2, 0) is 16.1 Å². The van der Waals surface area contributed by atoms with Gasteiger partial charge in [0.05, 0.1) is 29.9 Å². The average molecular weight is 963 g/mol. The maximum Gasteiger partial charge on any atom is 0.412 e. The lowest BCUT2D eigenvalue weighted by atomic mass is 9.55. The van der Waals surface area contributed by atoms with E-state index in [1.807, 2.05) is 19.1 Å². The van der Waals surface area contributed by atoms with Gasteiger partial charge < -0.3 is 39.5 Å². The van der Waals surface area contributed by atoms with E-state index < -0.39 is 29.7 Å². The van der Waals surface area contributed by atoms with Crippen molar-refractivity contribution in [1.29, 1.82) is 5.26 Å². The molecule has 1 aliphatic heterocycles. The molecule has 2 amide bonds. The van der Waals surface area contributed by atoms with Crippen molar-refractivity contribution in [1.82, 2.24) is 10.2 Å². The summed E-state index contributed by atoms with van der Waals surface area (Å²) < 4.78 is 34.9. The highest BCUT2D eigenvalue weighted by molar-refractivity contribution is 6.03. The minimum Gasteiger partial charge on any atom is -0.459 e. The Labute approximate surface area is 414 Å². The van der Waals surface area contributed by atoms with Gasteiger partial charge in [-0.15, -0.1) is 6.58 Å². The first kappa shape index (κ1) is 53.8. The van der Waals surface area contributed by atoms with E-state index in [0.717, 1.165) is 56.1 Å². The van der Waals surface area contributed by atoms with Gasteiger partial charge in [-0.05, 0) is 117 Å². The van der Waals surface area contributed by atoms with E-state index in [2.05, 4.69) is 31.0 Å². The van der Waals surface area contributed by atoms with Crippen LogP contribution in [0.2, 0.25) is 0 Å². The molecule has 12 nitrogen and oxygen atoms in total. The molecular formula is C57H75FN4O8. The Kier molecular flexibility index (Phi) is 21.3. The molecule has 2 aliphatic carbocycles. The minimum absolute atomic E-state index is 0.00236. The number of nitriles is 1.